The summed E-state index contributed by atoms with van der Waals surface area (Å²) < 4.78 is 49.0. The number of halogens is 1. The van der Waals surface area contributed by atoms with Crippen molar-refractivity contribution in [3.8, 4) is 5.75 Å². The fraction of sp³-hybridized carbons (Fsp3) is 0.667. The molecule has 0 amide bonds. The van der Waals surface area contributed by atoms with E-state index in [1.165, 1.54) is 22.7 Å². The van der Waals surface area contributed by atoms with Gasteiger partial charge in [-0.05, 0) is 44.7 Å². The maximum Gasteiger partial charge on any atom is 0.305 e. The van der Waals surface area contributed by atoms with Crippen molar-refractivity contribution in [2.24, 2.45) is 0 Å². The molecule has 0 heterocycles. The Morgan fingerprint density at radius 3 is 2.47 bits per heavy atom. The zero-order chi connectivity index (χ0) is 22.4. The highest BCUT2D eigenvalue weighted by Gasteiger charge is 2.17. The van der Waals surface area contributed by atoms with Crippen LogP contribution in [0.25, 0.3) is 0 Å². The summed E-state index contributed by atoms with van der Waals surface area (Å²) in [4.78, 5) is 11.3. The quantitative estimate of drug-likeness (QED) is 0.309. The summed E-state index contributed by atoms with van der Waals surface area (Å²) in [5.41, 5.74) is 0. The number of ether oxygens (including phenoxy) is 2. The Labute approximate surface area is 179 Å². The highest BCUT2D eigenvalue weighted by molar-refractivity contribution is 7.88. The molecule has 0 spiro atoms. The monoisotopic (exact) mass is 447 g/mol. The SMILES string of the molecule is CCOC(=O)CCCCCCN(CCCC(O)COc1ccccc1F)S(C)(=O)=O. The zero-order valence-corrected chi connectivity index (χ0v) is 18.7. The minimum absolute atomic E-state index is 0.0553. The smallest absolute Gasteiger partial charge is 0.305 e. The van der Waals surface area contributed by atoms with E-state index in [-0.39, 0.29) is 18.3 Å². The van der Waals surface area contributed by atoms with Crippen LogP contribution < -0.4 is 4.74 Å². The molecular weight excluding hydrogens is 413 g/mol. The fourth-order valence-electron chi connectivity index (χ4n) is 2.92. The number of benzene rings is 1. The minimum Gasteiger partial charge on any atom is -0.488 e. The van der Waals surface area contributed by atoms with Crippen LogP contribution in [0.15, 0.2) is 24.3 Å². The second-order valence-corrected chi connectivity index (χ2v) is 9.15. The lowest BCUT2D eigenvalue weighted by Gasteiger charge is -2.20. The van der Waals surface area contributed by atoms with Crippen LogP contribution in [-0.2, 0) is 19.6 Å². The molecule has 30 heavy (non-hydrogen) atoms. The standard InChI is InChI=1S/C21H34FNO6S/c1-3-28-21(25)14-6-4-5-9-15-23(30(2,26)27)16-10-11-18(24)17-29-20-13-8-7-12-19(20)22/h7-8,12-13,18,24H,3-6,9-11,14-17H2,1-2H3. The molecule has 0 aromatic heterocycles. The molecule has 1 N–H and O–H groups in total. The number of hydrogen-bond donors (Lipinski definition) is 1. The molecular formula is C21H34FNO6S. The van der Waals surface area contributed by atoms with E-state index in [1.807, 2.05) is 0 Å². The number of aliphatic hydroxyl groups is 1. The summed E-state index contributed by atoms with van der Waals surface area (Å²) in [6.07, 6.45) is 4.65. The summed E-state index contributed by atoms with van der Waals surface area (Å²) in [7, 11) is -3.34. The topological polar surface area (TPSA) is 93.1 Å². The van der Waals surface area contributed by atoms with Gasteiger partial charge in [0, 0.05) is 19.5 Å². The first-order valence-electron chi connectivity index (χ1n) is 10.4. The van der Waals surface area contributed by atoms with Crippen molar-refractivity contribution in [3.63, 3.8) is 0 Å². The molecule has 0 aliphatic heterocycles. The molecule has 0 aliphatic rings. The zero-order valence-electron chi connectivity index (χ0n) is 17.9. The van der Waals surface area contributed by atoms with E-state index < -0.39 is 21.9 Å². The van der Waals surface area contributed by atoms with Crippen molar-refractivity contribution in [3.05, 3.63) is 30.1 Å². The minimum atomic E-state index is -3.34. The third-order valence-corrected chi connectivity index (χ3v) is 5.83. The molecule has 1 aromatic carbocycles. The molecule has 0 bridgehead atoms. The van der Waals surface area contributed by atoms with Crippen molar-refractivity contribution < 1.29 is 32.2 Å². The lowest BCUT2D eigenvalue weighted by molar-refractivity contribution is -0.143. The van der Waals surface area contributed by atoms with Crippen molar-refractivity contribution in [2.45, 2.75) is 58.0 Å². The van der Waals surface area contributed by atoms with Gasteiger partial charge in [-0.25, -0.2) is 17.1 Å². The van der Waals surface area contributed by atoms with Gasteiger partial charge in [-0.3, -0.25) is 4.79 Å². The Balaban J connectivity index is 2.26. The molecule has 9 heteroatoms. The van der Waals surface area contributed by atoms with Gasteiger partial charge >= 0.3 is 5.97 Å². The number of carbonyl (C=O) groups is 1. The van der Waals surface area contributed by atoms with Gasteiger partial charge in [-0.1, -0.05) is 25.0 Å². The predicted octanol–water partition coefficient (Wildman–Crippen LogP) is 3.12. The number of sulfonamides is 1. The van der Waals surface area contributed by atoms with Gasteiger partial charge in [0.2, 0.25) is 10.0 Å². The van der Waals surface area contributed by atoms with E-state index >= 15 is 0 Å². The van der Waals surface area contributed by atoms with Crippen molar-refractivity contribution >= 4 is 16.0 Å². The first-order chi connectivity index (χ1) is 14.2. The third kappa shape index (κ3) is 11.5. The Kier molecular flexibility index (Phi) is 12.6. The van der Waals surface area contributed by atoms with Crippen molar-refractivity contribution in [2.75, 3.05) is 32.6 Å². The molecule has 1 unspecified atom stereocenters. The maximum atomic E-state index is 13.5. The van der Waals surface area contributed by atoms with E-state index in [0.717, 1.165) is 19.3 Å². The summed E-state index contributed by atoms with van der Waals surface area (Å²) in [5, 5.41) is 10.0. The molecule has 0 aliphatic carbocycles. The van der Waals surface area contributed by atoms with E-state index in [1.54, 1.807) is 19.1 Å². The third-order valence-electron chi connectivity index (χ3n) is 4.53. The average Bonchev–Trinajstić information content (AvgIpc) is 2.68. The predicted molar refractivity (Wildman–Crippen MR) is 113 cm³/mol. The highest BCUT2D eigenvalue weighted by Crippen LogP contribution is 2.16. The van der Waals surface area contributed by atoms with E-state index in [2.05, 4.69) is 0 Å². The summed E-state index contributed by atoms with van der Waals surface area (Å²) >= 11 is 0. The molecule has 172 valence electrons. The fourth-order valence-corrected chi connectivity index (χ4v) is 3.84. The normalized spacial score (nSPS) is 12.7. The van der Waals surface area contributed by atoms with Crippen LogP contribution >= 0.6 is 0 Å². The van der Waals surface area contributed by atoms with E-state index in [0.29, 0.717) is 45.4 Å². The molecule has 0 radical (unpaired) electrons. The number of para-hydroxylation sites is 1. The summed E-state index contributed by atoms with van der Waals surface area (Å²) in [6.45, 7) is 2.80. The number of esters is 1. The summed E-state index contributed by atoms with van der Waals surface area (Å²) in [5.74, 6) is -0.611. The van der Waals surface area contributed by atoms with Crippen LogP contribution in [0.5, 0.6) is 5.75 Å². The molecule has 7 nitrogen and oxygen atoms in total. The van der Waals surface area contributed by atoms with Crippen LogP contribution in [0, 0.1) is 5.82 Å². The molecule has 0 fully saturated rings. The van der Waals surface area contributed by atoms with Gasteiger partial charge in [0.25, 0.3) is 0 Å². The van der Waals surface area contributed by atoms with Crippen LogP contribution in [-0.4, -0.2) is 62.5 Å². The lowest BCUT2D eigenvalue weighted by atomic mass is 10.1. The molecule has 1 atom stereocenters. The Morgan fingerprint density at radius 1 is 1.13 bits per heavy atom. The van der Waals surface area contributed by atoms with Gasteiger partial charge in [0.1, 0.15) is 6.61 Å². The maximum absolute atomic E-state index is 13.5. The largest absolute Gasteiger partial charge is 0.488 e. The van der Waals surface area contributed by atoms with Gasteiger partial charge in [-0.15, -0.1) is 0 Å². The summed E-state index contributed by atoms with van der Waals surface area (Å²) in [6, 6.07) is 5.97. The second-order valence-electron chi connectivity index (χ2n) is 7.17. The van der Waals surface area contributed by atoms with Gasteiger partial charge in [0.15, 0.2) is 11.6 Å². The number of rotatable bonds is 16. The first-order valence-corrected chi connectivity index (χ1v) is 12.2. The molecule has 1 rings (SSSR count). The number of carbonyl (C=O) groups excluding carboxylic acids is 1. The molecule has 0 saturated heterocycles. The number of nitrogens with zero attached hydrogens (tertiary/aromatic N) is 1. The van der Waals surface area contributed by atoms with Crippen LogP contribution in [0.3, 0.4) is 0 Å². The first kappa shape index (κ1) is 26.3. The number of aliphatic hydroxyl groups excluding tert-OH is 1. The number of unbranched alkanes of at least 4 members (excludes halogenated alkanes) is 3. The average molecular weight is 448 g/mol. The Hall–Kier alpha value is -1.71. The molecule has 0 saturated carbocycles. The Bertz CT molecular complexity index is 728. The second kappa shape index (κ2) is 14.3. The van der Waals surface area contributed by atoms with Crippen molar-refractivity contribution in [1.82, 2.24) is 4.31 Å². The van der Waals surface area contributed by atoms with Gasteiger partial charge < -0.3 is 14.6 Å². The lowest BCUT2D eigenvalue weighted by Crippen LogP contribution is -2.32. The van der Waals surface area contributed by atoms with Crippen LogP contribution in [0.2, 0.25) is 0 Å². The van der Waals surface area contributed by atoms with Crippen LogP contribution in [0.1, 0.15) is 51.9 Å². The number of hydrogen-bond acceptors (Lipinski definition) is 6. The highest BCUT2D eigenvalue weighted by atomic mass is 32.2. The molecule has 1 aromatic rings. The van der Waals surface area contributed by atoms with E-state index in [9.17, 15) is 22.7 Å². The Morgan fingerprint density at radius 2 is 1.80 bits per heavy atom. The van der Waals surface area contributed by atoms with Crippen LogP contribution in [0.4, 0.5) is 4.39 Å². The van der Waals surface area contributed by atoms with Gasteiger partial charge in [-0.2, -0.15) is 0 Å². The van der Waals surface area contributed by atoms with Gasteiger partial charge in [0.05, 0.1) is 19.0 Å². The van der Waals surface area contributed by atoms with E-state index in [4.69, 9.17) is 9.47 Å². The van der Waals surface area contributed by atoms with Crippen molar-refractivity contribution in [1.29, 1.82) is 0 Å².